The molecule has 6 nitrogen and oxygen atoms in total. The van der Waals surface area contributed by atoms with Gasteiger partial charge in [-0.15, -0.1) is 0 Å². The fourth-order valence-electron chi connectivity index (χ4n) is 4.31. The maximum absolute atomic E-state index is 13.2. The summed E-state index contributed by atoms with van der Waals surface area (Å²) in [6, 6.07) is 17.9. The third-order valence-electron chi connectivity index (χ3n) is 6.01. The Hall–Kier alpha value is -3.12. The number of nitrogens with zero attached hydrogens (tertiary/aromatic N) is 3. The normalized spacial score (nSPS) is 17.4. The first kappa shape index (κ1) is 22.1. The highest BCUT2D eigenvalue weighted by molar-refractivity contribution is 6.35. The minimum Gasteiger partial charge on any atom is -0.494 e. The van der Waals surface area contributed by atoms with Crippen LogP contribution in [-0.4, -0.2) is 65.8 Å². The van der Waals surface area contributed by atoms with E-state index in [-0.39, 0.29) is 11.8 Å². The van der Waals surface area contributed by atoms with E-state index in [0.717, 1.165) is 50.5 Å². The molecule has 2 aliphatic heterocycles. The van der Waals surface area contributed by atoms with Gasteiger partial charge in [-0.25, -0.2) is 0 Å². The fourth-order valence-corrected chi connectivity index (χ4v) is 4.31. The lowest BCUT2D eigenvalue weighted by Gasteiger charge is -2.36. The van der Waals surface area contributed by atoms with Gasteiger partial charge in [-0.05, 0) is 36.6 Å². The molecule has 168 valence electrons. The lowest BCUT2D eigenvalue weighted by molar-refractivity contribution is -0.137. The van der Waals surface area contributed by atoms with E-state index in [1.165, 1.54) is 10.5 Å². The molecule has 0 aliphatic carbocycles. The van der Waals surface area contributed by atoms with E-state index in [9.17, 15) is 9.59 Å². The van der Waals surface area contributed by atoms with Crippen LogP contribution in [0.2, 0.25) is 0 Å². The second-order valence-corrected chi connectivity index (χ2v) is 8.20. The van der Waals surface area contributed by atoms with E-state index >= 15 is 0 Å². The Kier molecular flexibility index (Phi) is 6.90. The fraction of sp³-hybridized carbons (Fsp3) is 0.385. The zero-order valence-corrected chi connectivity index (χ0v) is 18.9. The molecule has 2 heterocycles. The zero-order valence-electron chi connectivity index (χ0n) is 18.9. The van der Waals surface area contributed by atoms with Gasteiger partial charge in [-0.3, -0.25) is 19.4 Å². The van der Waals surface area contributed by atoms with Gasteiger partial charge in [0.2, 0.25) is 0 Å². The molecule has 2 aromatic rings. The van der Waals surface area contributed by atoms with Crippen LogP contribution < -0.4 is 4.74 Å². The van der Waals surface area contributed by atoms with E-state index in [0.29, 0.717) is 24.4 Å². The molecule has 0 saturated carbocycles. The van der Waals surface area contributed by atoms with E-state index in [1.54, 1.807) is 0 Å². The molecule has 1 saturated heterocycles. The van der Waals surface area contributed by atoms with Gasteiger partial charge in [0.25, 0.3) is 11.8 Å². The summed E-state index contributed by atoms with van der Waals surface area (Å²) in [5.41, 5.74) is 3.11. The van der Waals surface area contributed by atoms with Crippen molar-refractivity contribution in [1.29, 1.82) is 0 Å². The molecule has 6 heteroatoms. The van der Waals surface area contributed by atoms with Gasteiger partial charge in [0, 0.05) is 39.3 Å². The Bertz CT molecular complexity index is 977. The van der Waals surface area contributed by atoms with Gasteiger partial charge < -0.3 is 9.64 Å². The van der Waals surface area contributed by atoms with Crippen LogP contribution in [0.25, 0.3) is 5.57 Å². The minimum atomic E-state index is -0.207. The molecule has 0 aromatic heterocycles. The average Bonchev–Trinajstić information content (AvgIpc) is 3.08. The van der Waals surface area contributed by atoms with Crippen molar-refractivity contribution in [2.24, 2.45) is 0 Å². The second kappa shape index (κ2) is 10.0. The van der Waals surface area contributed by atoms with Gasteiger partial charge >= 0.3 is 0 Å². The molecule has 0 unspecified atom stereocenters. The molecular formula is C26H31N3O3. The van der Waals surface area contributed by atoms with Crippen molar-refractivity contribution >= 4 is 17.4 Å². The number of hydrogen-bond acceptors (Lipinski definition) is 5. The number of carbonyl (C=O) groups excluding carboxylic acids is 2. The first-order valence-corrected chi connectivity index (χ1v) is 11.5. The van der Waals surface area contributed by atoms with Crippen molar-refractivity contribution in [2.45, 2.75) is 26.8 Å². The smallest absolute Gasteiger partial charge is 0.277 e. The van der Waals surface area contributed by atoms with Crippen LogP contribution in [0.15, 0.2) is 60.3 Å². The first-order valence-electron chi connectivity index (χ1n) is 11.5. The lowest BCUT2D eigenvalue weighted by atomic mass is 10.0. The lowest BCUT2D eigenvalue weighted by Crippen LogP contribution is -2.47. The Morgan fingerprint density at radius 2 is 1.53 bits per heavy atom. The Balaban J connectivity index is 1.54. The molecule has 0 bridgehead atoms. The van der Waals surface area contributed by atoms with Crippen LogP contribution in [-0.2, 0) is 16.1 Å². The third kappa shape index (κ3) is 4.55. The van der Waals surface area contributed by atoms with E-state index in [2.05, 4.69) is 41.0 Å². The van der Waals surface area contributed by atoms with Crippen molar-refractivity contribution in [3.63, 3.8) is 0 Å². The molecule has 32 heavy (non-hydrogen) atoms. The maximum atomic E-state index is 13.2. The number of imide groups is 1. The number of benzene rings is 2. The molecule has 0 radical (unpaired) electrons. The van der Waals surface area contributed by atoms with Crippen molar-refractivity contribution in [3.8, 4) is 5.75 Å². The summed E-state index contributed by atoms with van der Waals surface area (Å²) in [5.74, 6) is 0.383. The Morgan fingerprint density at radius 1 is 0.844 bits per heavy atom. The van der Waals surface area contributed by atoms with Crippen LogP contribution in [0.5, 0.6) is 5.75 Å². The zero-order chi connectivity index (χ0) is 22.5. The SMILES string of the molecule is CCCOc1ccc(C2=C(N3CCN(Cc4ccccc4)CC3)C(=O)N(CC)C2=O)cc1. The van der Waals surface area contributed by atoms with Crippen molar-refractivity contribution in [2.75, 3.05) is 39.3 Å². The molecule has 0 atom stereocenters. The molecule has 4 rings (SSSR count). The van der Waals surface area contributed by atoms with E-state index in [1.807, 2.05) is 37.3 Å². The topological polar surface area (TPSA) is 53.1 Å². The number of rotatable bonds is 8. The molecule has 0 N–H and O–H groups in total. The van der Waals surface area contributed by atoms with Crippen LogP contribution in [0.4, 0.5) is 0 Å². The number of hydrogen-bond donors (Lipinski definition) is 0. The average molecular weight is 434 g/mol. The summed E-state index contributed by atoms with van der Waals surface area (Å²) in [7, 11) is 0. The van der Waals surface area contributed by atoms with Gasteiger partial charge in [0.15, 0.2) is 0 Å². The van der Waals surface area contributed by atoms with Gasteiger partial charge in [-0.1, -0.05) is 49.4 Å². The number of ether oxygens (including phenoxy) is 1. The summed E-state index contributed by atoms with van der Waals surface area (Å²) in [6.07, 6.45) is 0.936. The van der Waals surface area contributed by atoms with Crippen LogP contribution >= 0.6 is 0 Å². The van der Waals surface area contributed by atoms with E-state index < -0.39 is 0 Å². The molecule has 2 aliphatic rings. The summed E-state index contributed by atoms with van der Waals surface area (Å²) in [4.78, 5) is 32.2. The highest BCUT2D eigenvalue weighted by Gasteiger charge is 2.41. The highest BCUT2D eigenvalue weighted by Crippen LogP contribution is 2.33. The summed E-state index contributed by atoms with van der Waals surface area (Å²) < 4.78 is 5.67. The predicted octanol–water partition coefficient (Wildman–Crippen LogP) is 3.39. The highest BCUT2D eigenvalue weighted by atomic mass is 16.5. The largest absolute Gasteiger partial charge is 0.494 e. The van der Waals surface area contributed by atoms with Crippen LogP contribution in [0.3, 0.4) is 0 Å². The molecule has 1 fully saturated rings. The summed E-state index contributed by atoms with van der Waals surface area (Å²) in [6.45, 7) is 8.97. The molecule has 2 amide bonds. The monoisotopic (exact) mass is 433 g/mol. The van der Waals surface area contributed by atoms with Gasteiger partial charge in [0.1, 0.15) is 11.4 Å². The molecular weight excluding hydrogens is 402 g/mol. The maximum Gasteiger partial charge on any atom is 0.277 e. The molecule has 0 spiro atoms. The van der Waals surface area contributed by atoms with Crippen LogP contribution in [0, 0.1) is 0 Å². The Morgan fingerprint density at radius 3 is 2.16 bits per heavy atom. The summed E-state index contributed by atoms with van der Waals surface area (Å²) >= 11 is 0. The van der Waals surface area contributed by atoms with Crippen molar-refractivity contribution in [1.82, 2.24) is 14.7 Å². The van der Waals surface area contributed by atoms with Gasteiger partial charge in [-0.2, -0.15) is 0 Å². The van der Waals surface area contributed by atoms with Crippen molar-refractivity contribution < 1.29 is 14.3 Å². The molecule has 2 aromatic carbocycles. The number of piperazine rings is 1. The Labute approximate surface area is 190 Å². The first-order chi connectivity index (χ1) is 15.6. The van der Waals surface area contributed by atoms with Crippen molar-refractivity contribution in [3.05, 3.63) is 71.4 Å². The quantitative estimate of drug-likeness (QED) is 0.598. The minimum absolute atomic E-state index is 0.185. The standard InChI is InChI=1S/C26H31N3O3/c1-3-18-32-22-12-10-21(11-13-22)23-24(26(31)29(4-2)25(23)30)28-16-14-27(15-17-28)19-20-8-6-5-7-9-20/h5-13H,3-4,14-19H2,1-2H3. The number of carbonyl (C=O) groups is 2. The predicted molar refractivity (Wildman–Crippen MR) is 125 cm³/mol. The van der Waals surface area contributed by atoms with Gasteiger partial charge in [0.05, 0.1) is 12.2 Å². The number of likely N-dealkylation sites (N-methyl/N-ethyl adjacent to an activating group) is 1. The second-order valence-electron chi connectivity index (χ2n) is 8.20. The van der Waals surface area contributed by atoms with Crippen LogP contribution in [0.1, 0.15) is 31.4 Å². The summed E-state index contributed by atoms with van der Waals surface area (Å²) in [5, 5.41) is 0. The van der Waals surface area contributed by atoms with E-state index in [4.69, 9.17) is 4.74 Å². The number of amides is 2. The third-order valence-corrected chi connectivity index (χ3v) is 6.01.